The van der Waals surface area contributed by atoms with Gasteiger partial charge in [-0.1, -0.05) is 0 Å². The molecule has 1 aromatic carbocycles. The summed E-state index contributed by atoms with van der Waals surface area (Å²) in [4.78, 5) is 12.1. The van der Waals surface area contributed by atoms with Gasteiger partial charge in [-0.3, -0.25) is 4.79 Å². The first-order valence-electron chi connectivity index (χ1n) is 7.00. The van der Waals surface area contributed by atoms with Crippen LogP contribution in [0.3, 0.4) is 0 Å². The third-order valence-electron chi connectivity index (χ3n) is 4.17. The van der Waals surface area contributed by atoms with Gasteiger partial charge in [-0.25, -0.2) is 0 Å². The Balaban J connectivity index is 0.00000147. The molecule has 1 amide bonds. The SMILES string of the molecule is Cl.O=C(CC1CC2CCC(C1)N2)Nc1ccc(I)cc1. The molecule has 2 bridgehead atoms. The van der Waals surface area contributed by atoms with E-state index in [1.54, 1.807) is 0 Å². The molecule has 0 aliphatic carbocycles. The van der Waals surface area contributed by atoms with Crippen LogP contribution in [-0.4, -0.2) is 18.0 Å². The molecule has 2 atom stereocenters. The normalized spacial score (nSPS) is 27.8. The highest BCUT2D eigenvalue weighted by molar-refractivity contribution is 14.1. The molecule has 2 aliphatic rings. The molecule has 20 heavy (non-hydrogen) atoms. The first kappa shape index (κ1) is 16.0. The van der Waals surface area contributed by atoms with Crippen LogP contribution in [0.1, 0.15) is 32.1 Å². The van der Waals surface area contributed by atoms with Crippen LogP contribution in [0.25, 0.3) is 0 Å². The summed E-state index contributed by atoms with van der Waals surface area (Å²) in [6.07, 6.45) is 5.58. The maximum Gasteiger partial charge on any atom is 0.224 e. The standard InChI is InChI=1S/C15H19IN2O.ClH/c16-11-1-3-12(4-2-11)18-15(19)9-10-7-13-5-6-14(8-10)17-13;/h1-4,10,13-14,17H,5-9H2,(H,18,19);1H. The Morgan fingerprint density at radius 1 is 1.20 bits per heavy atom. The first-order valence-corrected chi connectivity index (χ1v) is 8.08. The van der Waals surface area contributed by atoms with E-state index in [4.69, 9.17) is 0 Å². The van der Waals surface area contributed by atoms with E-state index >= 15 is 0 Å². The predicted octanol–water partition coefficient (Wildman–Crippen LogP) is 3.57. The number of benzene rings is 1. The van der Waals surface area contributed by atoms with Crippen molar-refractivity contribution in [2.45, 2.75) is 44.2 Å². The zero-order chi connectivity index (χ0) is 13.2. The van der Waals surface area contributed by atoms with Gasteiger partial charge in [0.25, 0.3) is 0 Å². The van der Waals surface area contributed by atoms with E-state index in [9.17, 15) is 4.79 Å². The number of piperidine rings is 1. The highest BCUT2D eigenvalue weighted by Gasteiger charge is 2.34. The quantitative estimate of drug-likeness (QED) is 0.754. The minimum Gasteiger partial charge on any atom is -0.326 e. The molecule has 2 saturated heterocycles. The molecule has 2 N–H and O–H groups in total. The van der Waals surface area contributed by atoms with Crippen molar-refractivity contribution in [1.29, 1.82) is 0 Å². The molecule has 0 radical (unpaired) electrons. The van der Waals surface area contributed by atoms with Crippen molar-refractivity contribution >= 4 is 46.6 Å². The molecule has 110 valence electrons. The number of amides is 1. The largest absolute Gasteiger partial charge is 0.326 e. The number of halogens is 2. The van der Waals surface area contributed by atoms with E-state index in [0.717, 1.165) is 18.5 Å². The fraction of sp³-hybridized carbons (Fsp3) is 0.533. The maximum absolute atomic E-state index is 12.1. The van der Waals surface area contributed by atoms with E-state index in [1.807, 2.05) is 24.3 Å². The van der Waals surface area contributed by atoms with Crippen LogP contribution in [0.4, 0.5) is 5.69 Å². The second kappa shape index (κ2) is 7.09. The van der Waals surface area contributed by atoms with Gasteiger partial charge in [0, 0.05) is 27.8 Å². The van der Waals surface area contributed by atoms with Crippen LogP contribution in [0.2, 0.25) is 0 Å². The van der Waals surface area contributed by atoms with Crippen molar-refractivity contribution in [2.24, 2.45) is 5.92 Å². The average Bonchev–Trinajstić information content (AvgIpc) is 2.72. The third kappa shape index (κ3) is 4.09. The van der Waals surface area contributed by atoms with Crippen molar-refractivity contribution in [3.8, 4) is 0 Å². The molecule has 2 aliphatic heterocycles. The van der Waals surface area contributed by atoms with Gasteiger partial charge in [0.2, 0.25) is 5.91 Å². The number of carbonyl (C=O) groups is 1. The fourth-order valence-electron chi connectivity index (χ4n) is 3.35. The maximum atomic E-state index is 12.1. The van der Waals surface area contributed by atoms with Gasteiger partial charge in [0.1, 0.15) is 0 Å². The van der Waals surface area contributed by atoms with Crippen molar-refractivity contribution in [3.63, 3.8) is 0 Å². The average molecular weight is 407 g/mol. The number of fused-ring (bicyclic) bond motifs is 2. The minimum atomic E-state index is 0. The molecule has 0 saturated carbocycles. The monoisotopic (exact) mass is 406 g/mol. The summed E-state index contributed by atoms with van der Waals surface area (Å²) in [6.45, 7) is 0. The lowest BCUT2D eigenvalue weighted by atomic mass is 9.89. The Bertz CT molecular complexity index is 453. The Morgan fingerprint density at radius 3 is 2.40 bits per heavy atom. The van der Waals surface area contributed by atoms with Crippen molar-refractivity contribution in [1.82, 2.24) is 5.32 Å². The van der Waals surface area contributed by atoms with E-state index in [0.29, 0.717) is 24.4 Å². The van der Waals surface area contributed by atoms with E-state index in [1.165, 1.54) is 16.4 Å². The summed E-state index contributed by atoms with van der Waals surface area (Å²) in [5.41, 5.74) is 0.905. The van der Waals surface area contributed by atoms with Crippen LogP contribution in [-0.2, 0) is 4.79 Å². The van der Waals surface area contributed by atoms with Crippen LogP contribution in [0, 0.1) is 9.49 Å². The minimum absolute atomic E-state index is 0. The highest BCUT2D eigenvalue weighted by Crippen LogP contribution is 2.32. The lowest BCUT2D eigenvalue weighted by Gasteiger charge is -2.28. The van der Waals surface area contributed by atoms with E-state index in [2.05, 4.69) is 33.2 Å². The predicted molar refractivity (Wildman–Crippen MR) is 92.3 cm³/mol. The lowest BCUT2D eigenvalue weighted by molar-refractivity contribution is -0.117. The number of carbonyl (C=O) groups excluding carboxylic acids is 1. The second-order valence-electron chi connectivity index (χ2n) is 5.73. The summed E-state index contributed by atoms with van der Waals surface area (Å²) in [5, 5.41) is 6.62. The lowest BCUT2D eigenvalue weighted by Crippen LogP contribution is -2.39. The number of rotatable bonds is 3. The van der Waals surface area contributed by atoms with Gasteiger partial charge in [0.05, 0.1) is 0 Å². The van der Waals surface area contributed by atoms with Crippen LogP contribution >= 0.6 is 35.0 Å². The molecule has 5 heteroatoms. The molecular formula is C15H20ClIN2O. The smallest absolute Gasteiger partial charge is 0.224 e. The summed E-state index contributed by atoms with van der Waals surface area (Å²) >= 11 is 2.27. The summed E-state index contributed by atoms with van der Waals surface area (Å²) in [7, 11) is 0. The third-order valence-corrected chi connectivity index (χ3v) is 4.89. The zero-order valence-electron chi connectivity index (χ0n) is 11.3. The van der Waals surface area contributed by atoms with Gasteiger partial charge in [-0.2, -0.15) is 0 Å². The molecule has 3 nitrogen and oxygen atoms in total. The van der Waals surface area contributed by atoms with Crippen molar-refractivity contribution < 1.29 is 4.79 Å². The van der Waals surface area contributed by atoms with Gasteiger partial charge >= 0.3 is 0 Å². The first-order chi connectivity index (χ1) is 9.19. The van der Waals surface area contributed by atoms with Crippen molar-refractivity contribution in [3.05, 3.63) is 27.8 Å². The fourth-order valence-corrected chi connectivity index (χ4v) is 3.71. The molecule has 2 unspecified atom stereocenters. The molecular weight excluding hydrogens is 387 g/mol. The Morgan fingerprint density at radius 2 is 1.80 bits per heavy atom. The van der Waals surface area contributed by atoms with Gasteiger partial charge in [0.15, 0.2) is 0 Å². The number of anilines is 1. The molecule has 1 aromatic rings. The van der Waals surface area contributed by atoms with Gasteiger partial charge in [-0.15, -0.1) is 12.4 Å². The molecule has 2 fully saturated rings. The number of nitrogens with one attached hydrogen (secondary N) is 2. The van der Waals surface area contributed by atoms with E-state index in [-0.39, 0.29) is 18.3 Å². The van der Waals surface area contributed by atoms with Crippen LogP contribution in [0.5, 0.6) is 0 Å². The summed E-state index contributed by atoms with van der Waals surface area (Å²) in [6, 6.07) is 9.28. The highest BCUT2D eigenvalue weighted by atomic mass is 127. The van der Waals surface area contributed by atoms with Crippen molar-refractivity contribution in [2.75, 3.05) is 5.32 Å². The molecule has 0 spiro atoms. The zero-order valence-corrected chi connectivity index (χ0v) is 14.2. The Labute approximate surface area is 139 Å². The Hall–Kier alpha value is -0.330. The summed E-state index contributed by atoms with van der Waals surface area (Å²) < 4.78 is 1.19. The van der Waals surface area contributed by atoms with E-state index < -0.39 is 0 Å². The summed E-state index contributed by atoms with van der Waals surface area (Å²) in [5.74, 6) is 0.718. The molecule has 0 aromatic heterocycles. The second-order valence-corrected chi connectivity index (χ2v) is 6.98. The van der Waals surface area contributed by atoms with Crippen LogP contribution < -0.4 is 10.6 Å². The number of hydrogen-bond acceptors (Lipinski definition) is 2. The van der Waals surface area contributed by atoms with Gasteiger partial charge < -0.3 is 10.6 Å². The Kier molecular flexibility index (Phi) is 5.69. The van der Waals surface area contributed by atoms with Crippen LogP contribution in [0.15, 0.2) is 24.3 Å². The topological polar surface area (TPSA) is 41.1 Å². The molecule has 2 heterocycles. The number of hydrogen-bond donors (Lipinski definition) is 2. The molecule has 3 rings (SSSR count). The van der Waals surface area contributed by atoms with Gasteiger partial charge in [-0.05, 0) is 78.5 Å².